The lowest BCUT2D eigenvalue weighted by molar-refractivity contribution is -0.116. The van der Waals surface area contributed by atoms with Crippen LogP contribution in [0.2, 0.25) is 5.02 Å². The van der Waals surface area contributed by atoms with E-state index in [4.69, 9.17) is 25.8 Å². The molecule has 29 heavy (non-hydrogen) atoms. The summed E-state index contributed by atoms with van der Waals surface area (Å²) in [6.45, 7) is 1.47. The molecule has 0 aliphatic rings. The number of hydrogen-bond acceptors (Lipinski definition) is 6. The number of sulfonamides is 1. The highest BCUT2D eigenvalue weighted by Crippen LogP contribution is 2.35. The number of rotatable bonds is 8. The van der Waals surface area contributed by atoms with Crippen LogP contribution in [0.4, 0.5) is 11.4 Å². The van der Waals surface area contributed by atoms with Crippen molar-refractivity contribution in [2.75, 3.05) is 37.2 Å². The fourth-order valence-electron chi connectivity index (χ4n) is 2.78. The molecule has 1 amide bonds. The lowest BCUT2D eigenvalue weighted by Crippen LogP contribution is -2.45. The second kappa shape index (κ2) is 9.23. The van der Waals surface area contributed by atoms with Crippen molar-refractivity contribution < 1.29 is 27.4 Å². The maximum absolute atomic E-state index is 12.8. The number of hydrogen-bond donors (Lipinski definition) is 1. The van der Waals surface area contributed by atoms with E-state index in [0.29, 0.717) is 22.2 Å². The largest absolute Gasteiger partial charge is 0.495 e. The molecule has 0 aliphatic heterocycles. The summed E-state index contributed by atoms with van der Waals surface area (Å²) in [6, 6.07) is 8.28. The molecule has 0 aromatic heterocycles. The molecule has 2 aromatic rings. The lowest BCUT2D eigenvalue weighted by atomic mass is 10.2. The molecule has 10 heteroatoms. The number of ether oxygens (including phenoxy) is 3. The molecule has 0 bridgehead atoms. The Morgan fingerprint density at radius 3 is 2.14 bits per heavy atom. The normalized spacial score (nSPS) is 12.1. The summed E-state index contributed by atoms with van der Waals surface area (Å²) >= 11 is 6.04. The van der Waals surface area contributed by atoms with E-state index in [1.54, 1.807) is 24.3 Å². The molecule has 1 atom stereocenters. The summed E-state index contributed by atoms with van der Waals surface area (Å²) in [4.78, 5) is 12.8. The molecular formula is C19H23ClN2O6S. The third-order valence-electron chi connectivity index (χ3n) is 4.12. The average molecular weight is 443 g/mol. The molecule has 0 fully saturated rings. The molecular weight excluding hydrogens is 420 g/mol. The van der Waals surface area contributed by atoms with Crippen molar-refractivity contribution >= 4 is 38.9 Å². The summed E-state index contributed by atoms with van der Waals surface area (Å²) in [5, 5.41) is 3.00. The molecule has 0 aliphatic carbocycles. The van der Waals surface area contributed by atoms with Crippen molar-refractivity contribution in [3.8, 4) is 17.2 Å². The van der Waals surface area contributed by atoms with Gasteiger partial charge >= 0.3 is 0 Å². The van der Waals surface area contributed by atoms with Crippen LogP contribution in [-0.2, 0) is 14.8 Å². The molecule has 2 rings (SSSR count). The fraction of sp³-hybridized carbons (Fsp3) is 0.316. The maximum Gasteiger partial charge on any atom is 0.247 e. The minimum Gasteiger partial charge on any atom is -0.495 e. The van der Waals surface area contributed by atoms with Crippen molar-refractivity contribution in [2.24, 2.45) is 0 Å². The standard InChI is InChI=1S/C19H23ClN2O6S/c1-12(19(23)21-14-7-9-17(27-3)18(11-14)28-4)22(29(5,24)25)15-10-13(20)6-8-16(15)26-2/h6-12H,1-5H3,(H,21,23)/t12-/m0/s1. The Hall–Kier alpha value is -2.65. The zero-order valence-corrected chi connectivity index (χ0v) is 18.3. The van der Waals surface area contributed by atoms with Crippen LogP contribution >= 0.6 is 11.6 Å². The Morgan fingerprint density at radius 1 is 1.00 bits per heavy atom. The SMILES string of the molecule is COc1ccc(NC(=O)[C@H](C)N(c2cc(Cl)ccc2OC)S(C)(=O)=O)cc1OC. The highest BCUT2D eigenvalue weighted by atomic mass is 35.5. The van der Waals surface area contributed by atoms with E-state index in [2.05, 4.69) is 5.32 Å². The number of anilines is 2. The first-order valence-corrected chi connectivity index (χ1v) is 10.7. The van der Waals surface area contributed by atoms with Gasteiger partial charge in [-0.1, -0.05) is 11.6 Å². The third-order valence-corrected chi connectivity index (χ3v) is 5.58. The van der Waals surface area contributed by atoms with Gasteiger partial charge in [-0.2, -0.15) is 0 Å². The van der Waals surface area contributed by atoms with Crippen molar-refractivity contribution in [3.63, 3.8) is 0 Å². The predicted molar refractivity (Wildman–Crippen MR) is 113 cm³/mol. The van der Waals surface area contributed by atoms with Gasteiger partial charge in [-0.25, -0.2) is 8.42 Å². The molecule has 158 valence electrons. The first-order valence-electron chi connectivity index (χ1n) is 8.48. The Morgan fingerprint density at radius 2 is 1.59 bits per heavy atom. The average Bonchev–Trinajstić information content (AvgIpc) is 2.67. The molecule has 0 unspecified atom stereocenters. The Kier molecular flexibility index (Phi) is 7.21. The molecule has 0 radical (unpaired) electrons. The number of nitrogens with one attached hydrogen (secondary N) is 1. The van der Waals surface area contributed by atoms with E-state index < -0.39 is 22.0 Å². The molecule has 1 N–H and O–H groups in total. The molecule has 2 aromatic carbocycles. The van der Waals surface area contributed by atoms with E-state index in [1.807, 2.05) is 0 Å². The van der Waals surface area contributed by atoms with Gasteiger partial charge in [-0.15, -0.1) is 0 Å². The number of carbonyl (C=O) groups excluding carboxylic acids is 1. The lowest BCUT2D eigenvalue weighted by Gasteiger charge is -2.29. The van der Waals surface area contributed by atoms with Crippen molar-refractivity contribution in [1.29, 1.82) is 0 Å². The van der Waals surface area contributed by atoms with E-state index in [-0.39, 0.29) is 11.4 Å². The minimum absolute atomic E-state index is 0.164. The molecule has 0 saturated carbocycles. The van der Waals surface area contributed by atoms with Gasteiger partial charge in [-0.05, 0) is 37.3 Å². The quantitative estimate of drug-likeness (QED) is 0.674. The van der Waals surface area contributed by atoms with Gasteiger partial charge in [0.25, 0.3) is 0 Å². The Labute approximate surface area is 175 Å². The van der Waals surface area contributed by atoms with Crippen molar-refractivity contribution in [1.82, 2.24) is 0 Å². The number of amides is 1. The van der Waals surface area contributed by atoms with Crippen LogP contribution < -0.4 is 23.8 Å². The summed E-state index contributed by atoms with van der Waals surface area (Å²) in [5.74, 6) is 0.643. The summed E-state index contributed by atoms with van der Waals surface area (Å²) in [6.07, 6.45) is 1.01. The molecule has 8 nitrogen and oxygen atoms in total. The van der Waals surface area contributed by atoms with Gasteiger partial charge in [0.05, 0.1) is 33.3 Å². The zero-order valence-electron chi connectivity index (χ0n) is 16.7. The van der Waals surface area contributed by atoms with Gasteiger partial charge < -0.3 is 19.5 Å². The van der Waals surface area contributed by atoms with Crippen LogP contribution in [0.3, 0.4) is 0 Å². The molecule has 0 spiro atoms. The number of nitrogens with zero attached hydrogens (tertiary/aromatic N) is 1. The van der Waals surface area contributed by atoms with Crippen LogP contribution in [0.15, 0.2) is 36.4 Å². The van der Waals surface area contributed by atoms with Crippen LogP contribution in [0.1, 0.15) is 6.92 Å². The Balaban J connectivity index is 2.39. The summed E-state index contributed by atoms with van der Waals surface area (Å²) in [7, 11) is 0.542. The summed E-state index contributed by atoms with van der Waals surface area (Å²) < 4.78 is 41.6. The highest BCUT2D eigenvalue weighted by molar-refractivity contribution is 7.92. The number of halogens is 1. The topological polar surface area (TPSA) is 94.2 Å². The first kappa shape index (κ1) is 22.6. The molecule has 0 heterocycles. The monoisotopic (exact) mass is 442 g/mol. The van der Waals surface area contributed by atoms with E-state index >= 15 is 0 Å². The van der Waals surface area contributed by atoms with Crippen molar-refractivity contribution in [2.45, 2.75) is 13.0 Å². The number of carbonyl (C=O) groups is 1. The smallest absolute Gasteiger partial charge is 0.247 e. The van der Waals surface area contributed by atoms with Crippen molar-refractivity contribution in [3.05, 3.63) is 41.4 Å². The van der Waals surface area contributed by atoms with E-state index in [0.717, 1.165) is 10.6 Å². The second-order valence-corrected chi connectivity index (χ2v) is 8.41. The van der Waals surface area contributed by atoms with Gasteiger partial charge in [0, 0.05) is 16.8 Å². The van der Waals surface area contributed by atoms with Crippen LogP contribution in [0.25, 0.3) is 0 Å². The highest BCUT2D eigenvalue weighted by Gasteiger charge is 2.31. The third kappa shape index (κ3) is 5.24. The fourth-order valence-corrected chi connectivity index (χ4v) is 4.11. The van der Waals surface area contributed by atoms with Crippen LogP contribution in [0.5, 0.6) is 17.2 Å². The summed E-state index contributed by atoms with van der Waals surface area (Å²) in [5.41, 5.74) is 0.587. The van der Waals surface area contributed by atoms with Gasteiger partial charge in [0.1, 0.15) is 11.8 Å². The first-order chi connectivity index (χ1) is 13.6. The zero-order chi connectivity index (χ0) is 21.8. The van der Waals surface area contributed by atoms with Crippen LogP contribution in [0, 0.1) is 0 Å². The van der Waals surface area contributed by atoms with Gasteiger partial charge in [-0.3, -0.25) is 9.10 Å². The number of methoxy groups -OCH3 is 3. The van der Waals surface area contributed by atoms with Gasteiger partial charge in [0.2, 0.25) is 15.9 Å². The Bertz CT molecular complexity index is 996. The number of benzene rings is 2. The predicted octanol–water partition coefficient (Wildman–Crippen LogP) is 3.16. The second-order valence-electron chi connectivity index (χ2n) is 6.11. The molecule has 0 saturated heterocycles. The van der Waals surface area contributed by atoms with Crippen LogP contribution in [-0.4, -0.2) is 48.0 Å². The van der Waals surface area contributed by atoms with E-state index in [1.165, 1.54) is 40.4 Å². The van der Waals surface area contributed by atoms with Gasteiger partial charge in [0.15, 0.2) is 11.5 Å². The maximum atomic E-state index is 12.8. The van der Waals surface area contributed by atoms with E-state index in [9.17, 15) is 13.2 Å². The minimum atomic E-state index is -3.84.